The van der Waals surface area contributed by atoms with Crippen molar-refractivity contribution < 1.29 is 19.2 Å². The number of aliphatic hydroxyl groups is 1. The van der Waals surface area contributed by atoms with Crippen LogP contribution in [0.1, 0.15) is 37.2 Å². The molecule has 0 saturated heterocycles. The number of hydrogen-bond donors (Lipinski definition) is 2. The summed E-state index contributed by atoms with van der Waals surface area (Å²) in [5, 5.41) is 22.8. The number of hydrogen-bond acceptors (Lipinski definition) is 5. The standard InChI is InChI=1S/C11H16N2O5/c1-3-11(15,4-2)7-12-10(14)8-5-6-9(18-8)13(16)17/h5-6,15H,3-4,7H2,1-2H3,(H,12,14). The predicted octanol–water partition coefficient (Wildman–Crippen LogP) is 1.47. The van der Waals surface area contributed by atoms with Crippen LogP contribution in [0.4, 0.5) is 5.88 Å². The maximum absolute atomic E-state index is 11.6. The molecule has 0 aliphatic rings. The molecule has 0 bridgehead atoms. The molecular formula is C11H16N2O5. The lowest BCUT2D eigenvalue weighted by Gasteiger charge is -2.24. The molecule has 0 aliphatic heterocycles. The zero-order valence-electron chi connectivity index (χ0n) is 10.3. The molecule has 0 atom stereocenters. The normalized spacial score (nSPS) is 11.3. The first-order chi connectivity index (χ1) is 8.41. The molecular weight excluding hydrogens is 240 g/mol. The van der Waals surface area contributed by atoms with Crippen LogP contribution in [0, 0.1) is 10.1 Å². The number of nitrogens with one attached hydrogen (secondary N) is 1. The summed E-state index contributed by atoms with van der Waals surface area (Å²) in [6, 6.07) is 2.34. The van der Waals surface area contributed by atoms with Gasteiger partial charge in [0.25, 0.3) is 5.91 Å². The van der Waals surface area contributed by atoms with E-state index in [1.807, 2.05) is 13.8 Å². The minimum absolute atomic E-state index is 0.0767. The fraction of sp³-hybridized carbons (Fsp3) is 0.545. The maximum atomic E-state index is 11.6. The molecule has 0 radical (unpaired) electrons. The van der Waals surface area contributed by atoms with Crippen molar-refractivity contribution in [3.8, 4) is 0 Å². The van der Waals surface area contributed by atoms with Crippen LogP contribution in [0.3, 0.4) is 0 Å². The Morgan fingerprint density at radius 1 is 1.50 bits per heavy atom. The molecule has 1 amide bonds. The molecule has 7 nitrogen and oxygen atoms in total. The molecule has 7 heteroatoms. The smallest absolute Gasteiger partial charge is 0.395 e. The molecule has 1 aromatic heterocycles. The number of nitrogens with zero attached hydrogens (tertiary/aromatic N) is 1. The van der Waals surface area contributed by atoms with Crippen molar-refractivity contribution in [2.75, 3.05) is 6.54 Å². The Labute approximate surface area is 104 Å². The highest BCUT2D eigenvalue weighted by atomic mass is 16.6. The van der Waals surface area contributed by atoms with E-state index in [2.05, 4.69) is 5.32 Å². The fourth-order valence-corrected chi connectivity index (χ4v) is 1.38. The van der Waals surface area contributed by atoms with Crippen LogP contribution >= 0.6 is 0 Å². The Hall–Kier alpha value is -1.89. The zero-order chi connectivity index (χ0) is 13.8. The quantitative estimate of drug-likeness (QED) is 0.592. The first kappa shape index (κ1) is 14.2. The third kappa shape index (κ3) is 3.30. The van der Waals surface area contributed by atoms with E-state index in [0.29, 0.717) is 12.8 Å². The summed E-state index contributed by atoms with van der Waals surface area (Å²) < 4.78 is 4.75. The monoisotopic (exact) mass is 256 g/mol. The Morgan fingerprint density at radius 3 is 2.56 bits per heavy atom. The minimum Gasteiger partial charge on any atom is -0.395 e. The molecule has 0 aromatic carbocycles. The molecule has 0 aliphatic carbocycles. The predicted molar refractivity (Wildman–Crippen MR) is 63.2 cm³/mol. The van der Waals surface area contributed by atoms with E-state index >= 15 is 0 Å². The molecule has 2 N–H and O–H groups in total. The second-order valence-corrected chi connectivity index (χ2v) is 4.01. The van der Waals surface area contributed by atoms with Crippen LogP contribution < -0.4 is 5.32 Å². The lowest BCUT2D eigenvalue weighted by molar-refractivity contribution is -0.402. The van der Waals surface area contributed by atoms with E-state index in [9.17, 15) is 20.0 Å². The third-order valence-corrected chi connectivity index (χ3v) is 2.89. The fourth-order valence-electron chi connectivity index (χ4n) is 1.38. The number of amides is 1. The van der Waals surface area contributed by atoms with Crippen LogP contribution in [0.5, 0.6) is 0 Å². The zero-order valence-corrected chi connectivity index (χ0v) is 10.3. The van der Waals surface area contributed by atoms with Crippen molar-refractivity contribution in [3.63, 3.8) is 0 Å². The summed E-state index contributed by atoms with van der Waals surface area (Å²) in [5.74, 6) is -1.21. The number of rotatable bonds is 6. The third-order valence-electron chi connectivity index (χ3n) is 2.89. The van der Waals surface area contributed by atoms with Crippen molar-refractivity contribution >= 4 is 11.8 Å². The Balaban J connectivity index is 2.62. The van der Waals surface area contributed by atoms with Gasteiger partial charge in [-0.05, 0) is 18.9 Å². The van der Waals surface area contributed by atoms with E-state index in [0.717, 1.165) is 6.07 Å². The van der Waals surface area contributed by atoms with Gasteiger partial charge in [-0.25, -0.2) is 0 Å². The number of nitro groups is 1. The molecule has 1 rings (SSSR count). The Bertz CT molecular complexity index is 436. The van der Waals surface area contributed by atoms with Crippen molar-refractivity contribution in [1.29, 1.82) is 0 Å². The van der Waals surface area contributed by atoms with E-state index in [1.165, 1.54) is 6.07 Å². The highest BCUT2D eigenvalue weighted by Gasteiger charge is 2.24. The Morgan fingerprint density at radius 2 is 2.11 bits per heavy atom. The van der Waals surface area contributed by atoms with Crippen LogP contribution in [0.25, 0.3) is 0 Å². The minimum atomic E-state index is -0.964. The maximum Gasteiger partial charge on any atom is 0.433 e. The number of furan rings is 1. The molecule has 18 heavy (non-hydrogen) atoms. The van der Waals surface area contributed by atoms with Crippen molar-refractivity contribution in [2.45, 2.75) is 32.3 Å². The summed E-state index contributed by atoms with van der Waals surface area (Å²) >= 11 is 0. The molecule has 0 unspecified atom stereocenters. The lowest BCUT2D eigenvalue weighted by Crippen LogP contribution is -2.41. The van der Waals surface area contributed by atoms with Crippen LogP contribution in [0.2, 0.25) is 0 Å². The van der Waals surface area contributed by atoms with Gasteiger partial charge in [0, 0.05) is 6.54 Å². The molecule has 0 saturated carbocycles. The van der Waals surface area contributed by atoms with Gasteiger partial charge in [0.15, 0.2) is 5.76 Å². The highest BCUT2D eigenvalue weighted by molar-refractivity contribution is 5.91. The van der Waals surface area contributed by atoms with Crippen molar-refractivity contribution in [2.24, 2.45) is 0 Å². The summed E-state index contributed by atoms with van der Waals surface area (Å²) in [7, 11) is 0. The molecule has 1 heterocycles. The van der Waals surface area contributed by atoms with Crippen LogP contribution in [-0.4, -0.2) is 28.1 Å². The van der Waals surface area contributed by atoms with E-state index < -0.39 is 22.3 Å². The average Bonchev–Trinajstić information content (AvgIpc) is 2.85. The van der Waals surface area contributed by atoms with E-state index in [4.69, 9.17) is 4.42 Å². The highest BCUT2D eigenvalue weighted by Crippen LogP contribution is 2.16. The van der Waals surface area contributed by atoms with Crippen LogP contribution in [0.15, 0.2) is 16.5 Å². The summed E-state index contributed by atoms with van der Waals surface area (Å²) in [6.07, 6.45) is 1.00. The first-order valence-corrected chi connectivity index (χ1v) is 5.66. The SMILES string of the molecule is CCC(O)(CC)CNC(=O)c1ccc([N+](=O)[O-])o1. The second kappa shape index (κ2) is 5.63. The van der Waals surface area contributed by atoms with E-state index in [1.54, 1.807) is 0 Å². The van der Waals surface area contributed by atoms with Gasteiger partial charge in [-0.15, -0.1) is 0 Å². The van der Waals surface area contributed by atoms with Gasteiger partial charge in [-0.1, -0.05) is 13.8 Å². The lowest BCUT2D eigenvalue weighted by atomic mass is 9.98. The summed E-state index contributed by atoms with van der Waals surface area (Å²) in [6.45, 7) is 3.70. The second-order valence-electron chi connectivity index (χ2n) is 4.01. The van der Waals surface area contributed by atoms with Gasteiger partial charge in [0.1, 0.15) is 4.92 Å². The first-order valence-electron chi connectivity index (χ1n) is 5.66. The van der Waals surface area contributed by atoms with Gasteiger partial charge in [0.2, 0.25) is 0 Å². The van der Waals surface area contributed by atoms with Gasteiger partial charge in [0.05, 0.1) is 11.7 Å². The molecule has 1 aromatic rings. The average molecular weight is 256 g/mol. The number of carbonyl (C=O) groups excluding carboxylic acids is 1. The van der Waals surface area contributed by atoms with Crippen molar-refractivity contribution in [3.05, 3.63) is 28.0 Å². The molecule has 0 fully saturated rings. The van der Waals surface area contributed by atoms with E-state index in [-0.39, 0.29) is 12.3 Å². The Kier molecular flexibility index (Phi) is 4.43. The van der Waals surface area contributed by atoms with Gasteiger partial charge in [-0.2, -0.15) is 0 Å². The topological polar surface area (TPSA) is 106 Å². The summed E-state index contributed by atoms with van der Waals surface area (Å²) in [4.78, 5) is 21.3. The van der Waals surface area contributed by atoms with Gasteiger partial charge >= 0.3 is 5.88 Å². The van der Waals surface area contributed by atoms with Crippen LogP contribution in [-0.2, 0) is 0 Å². The largest absolute Gasteiger partial charge is 0.433 e. The van der Waals surface area contributed by atoms with Gasteiger partial charge in [-0.3, -0.25) is 14.9 Å². The number of carbonyl (C=O) groups is 1. The molecule has 100 valence electrons. The molecule has 0 spiro atoms. The van der Waals surface area contributed by atoms with Crippen molar-refractivity contribution in [1.82, 2.24) is 5.32 Å². The summed E-state index contributed by atoms with van der Waals surface area (Å²) in [5.41, 5.74) is -0.964. The van der Waals surface area contributed by atoms with Gasteiger partial charge < -0.3 is 14.8 Å².